The van der Waals surface area contributed by atoms with E-state index in [1.165, 1.54) is 35.4 Å². The number of rotatable bonds is 5. The number of nitrogens with two attached hydrogens (primary N) is 1. The van der Waals surface area contributed by atoms with Crippen LogP contribution in [-0.2, 0) is 4.74 Å². The third-order valence-corrected chi connectivity index (χ3v) is 4.57. The van der Waals surface area contributed by atoms with Crippen molar-refractivity contribution >= 4 is 11.3 Å². The molecule has 0 aliphatic heterocycles. The highest BCUT2D eigenvalue weighted by Crippen LogP contribution is 2.31. The third kappa shape index (κ3) is 3.54. The fourth-order valence-corrected chi connectivity index (χ4v) is 3.56. The van der Waals surface area contributed by atoms with Crippen LogP contribution >= 0.6 is 11.3 Å². The van der Waals surface area contributed by atoms with Crippen LogP contribution in [0.3, 0.4) is 0 Å². The van der Waals surface area contributed by atoms with Crippen LogP contribution < -0.4 is 5.73 Å². The van der Waals surface area contributed by atoms with Gasteiger partial charge in [-0.2, -0.15) is 0 Å². The molecule has 0 amide bonds. The Morgan fingerprint density at radius 3 is 2.65 bits per heavy atom. The minimum atomic E-state index is 0.0643. The smallest absolute Gasteiger partial charge is 0.106 e. The lowest BCUT2D eigenvalue weighted by Gasteiger charge is -2.22. The van der Waals surface area contributed by atoms with E-state index < -0.39 is 0 Å². The molecule has 2 nitrogen and oxygen atoms in total. The molecule has 0 spiro atoms. The predicted molar refractivity (Wildman–Crippen MR) is 73.4 cm³/mol. The Kier molecular flexibility index (Phi) is 4.60. The fourth-order valence-electron chi connectivity index (χ4n) is 2.52. The number of hydrogen-bond acceptors (Lipinski definition) is 3. The maximum atomic E-state index is 6.07. The van der Waals surface area contributed by atoms with Gasteiger partial charge in [-0.1, -0.05) is 12.8 Å². The SMILES string of the molecule is Cc1ccc(C(OCC2CCCC2)C(C)N)s1. The van der Waals surface area contributed by atoms with Gasteiger partial charge in [-0.05, 0) is 44.7 Å². The minimum Gasteiger partial charge on any atom is -0.371 e. The number of hydrogen-bond donors (Lipinski definition) is 1. The molecule has 1 heterocycles. The molecule has 1 saturated carbocycles. The molecule has 1 aromatic rings. The summed E-state index contributed by atoms with van der Waals surface area (Å²) in [5.41, 5.74) is 6.04. The zero-order valence-electron chi connectivity index (χ0n) is 10.8. The van der Waals surface area contributed by atoms with Gasteiger partial charge in [0.1, 0.15) is 6.10 Å². The number of thiophene rings is 1. The molecular formula is C14H23NOS. The second-order valence-electron chi connectivity index (χ2n) is 5.21. The van der Waals surface area contributed by atoms with Gasteiger partial charge in [-0.25, -0.2) is 0 Å². The molecule has 0 radical (unpaired) electrons. The summed E-state index contributed by atoms with van der Waals surface area (Å²) in [6.07, 6.45) is 5.48. The molecular weight excluding hydrogens is 230 g/mol. The Balaban J connectivity index is 1.92. The van der Waals surface area contributed by atoms with Gasteiger partial charge in [0, 0.05) is 15.8 Å². The first-order valence-corrected chi connectivity index (χ1v) is 7.42. The van der Waals surface area contributed by atoms with Crippen LogP contribution in [0.25, 0.3) is 0 Å². The maximum absolute atomic E-state index is 6.07. The van der Waals surface area contributed by atoms with Crippen LogP contribution in [0.2, 0.25) is 0 Å². The van der Waals surface area contributed by atoms with E-state index in [9.17, 15) is 0 Å². The average molecular weight is 253 g/mol. The Morgan fingerprint density at radius 2 is 2.12 bits per heavy atom. The monoisotopic (exact) mass is 253 g/mol. The van der Waals surface area contributed by atoms with E-state index in [-0.39, 0.29) is 12.1 Å². The Labute approximate surface area is 108 Å². The summed E-state index contributed by atoms with van der Waals surface area (Å²) in [7, 11) is 0. The first kappa shape index (κ1) is 13.1. The van der Waals surface area contributed by atoms with E-state index in [2.05, 4.69) is 19.1 Å². The van der Waals surface area contributed by atoms with Crippen LogP contribution in [0, 0.1) is 12.8 Å². The standard InChI is InChI=1S/C14H23NOS/c1-10-7-8-13(17-10)14(11(2)15)16-9-12-5-3-4-6-12/h7-8,11-12,14H,3-6,9,15H2,1-2H3. The number of ether oxygens (including phenoxy) is 1. The molecule has 1 aromatic heterocycles. The third-order valence-electron chi connectivity index (χ3n) is 3.51. The molecule has 2 rings (SSSR count). The first-order chi connectivity index (χ1) is 8.16. The second-order valence-corrected chi connectivity index (χ2v) is 6.53. The highest BCUT2D eigenvalue weighted by atomic mass is 32.1. The molecule has 1 aliphatic carbocycles. The van der Waals surface area contributed by atoms with Gasteiger partial charge in [-0.3, -0.25) is 0 Å². The molecule has 1 fully saturated rings. The predicted octanol–water partition coefficient (Wildman–Crippen LogP) is 3.65. The Morgan fingerprint density at radius 1 is 1.41 bits per heavy atom. The summed E-state index contributed by atoms with van der Waals surface area (Å²) in [4.78, 5) is 2.60. The first-order valence-electron chi connectivity index (χ1n) is 6.60. The molecule has 2 unspecified atom stereocenters. The van der Waals surface area contributed by atoms with Crippen LogP contribution in [0.5, 0.6) is 0 Å². The Hall–Kier alpha value is -0.380. The van der Waals surface area contributed by atoms with E-state index in [1.54, 1.807) is 11.3 Å². The molecule has 96 valence electrons. The van der Waals surface area contributed by atoms with Crippen molar-refractivity contribution in [3.63, 3.8) is 0 Å². The summed E-state index contributed by atoms with van der Waals surface area (Å²) < 4.78 is 6.07. The zero-order chi connectivity index (χ0) is 12.3. The van der Waals surface area contributed by atoms with E-state index in [4.69, 9.17) is 10.5 Å². The molecule has 3 heteroatoms. The summed E-state index contributed by atoms with van der Waals surface area (Å²) in [5, 5.41) is 0. The van der Waals surface area contributed by atoms with Gasteiger partial charge < -0.3 is 10.5 Å². The van der Waals surface area contributed by atoms with E-state index in [1.807, 2.05) is 6.92 Å². The second kappa shape index (κ2) is 5.98. The topological polar surface area (TPSA) is 35.2 Å². The van der Waals surface area contributed by atoms with Gasteiger partial charge in [0.05, 0.1) is 6.61 Å². The van der Waals surface area contributed by atoms with Gasteiger partial charge >= 0.3 is 0 Å². The van der Waals surface area contributed by atoms with Crippen LogP contribution in [0.4, 0.5) is 0 Å². The van der Waals surface area contributed by atoms with Crippen molar-refractivity contribution in [1.82, 2.24) is 0 Å². The normalized spacial score (nSPS) is 20.6. The van der Waals surface area contributed by atoms with Crippen molar-refractivity contribution in [2.75, 3.05) is 6.61 Å². The quantitative estimate of drug-likeness (QED) is 0.869. The molecule has 1 aliphatic rings. The molecule has 17 heavy (non-hydrogen) atoms. The van der Waals surface area contributed by atoms with Crippen molar-refractivity contribution in [3.05, 3.63) is 21.9 Å². The van der Waals surface area contributed by atoms with Gasteiger partial charge in [-0.15, -0.1) is 11.3 Å². The van der Waals surface area contributed by atoms with Crippen LogP contribution in [0.15, 0.2) is 12.1 Å². The highest BCUT2D eigenvalue weighted by molar-refractivity contribution is 7.12. The lowest BCUT2D eigenvalue weighted by atomic mass is 10.1. The molecule has 0 bridgehead atoms. The summed E-state index contributed by atoms with van der Waals surface area (Å²) in [6.45, 7) is 5.04. The lowest BCUT2D eigenvalue weighted by molar-refractivity contribution is 0.0190. The molecule has 0 saturated heterocycles. The fraction of sp³-hybridized carbons (Fsp3) is 0.714. The van der Waals surface area contributed by atoms with Crippen molar-refractivity contribution < 1.29 is 4.74 Å². The minimum absolute atomic E-state index is 0.0643. The van der Waals surface area contributed by atoms with E-state index in [0.29, 0.717) is 0 Å². The van der Waals surface area contributed by atoms with Crippen molar-refractivity contribution in [1.29, 1.82) is 0 Å². The van der Waals surface area contributed by atoms with Gasteiger partial charge in [0.25, 0.3) is 0 Å². The zero-order valence-corrected chi connectivity index (χ0v) is 11.6. The molecule has 2 N–H and O–H groups in total. The van der Waals surface area contributed by atoms with Crippen molar-refractivity contribution in [2.45, 2.75) is 51.7 Å². The molecule has 0 aromatic carbocycles. The van der Waals surface area contributed by atoms with Crippen LogP contribution in [0.1, 0.15) is 48.5 Å². The van der Waals surface area contributed by atoms with Crippen molar-refractivity contribution in [3.8, 4) is 0 Å². The highest BCUT2D eigenvalue weighted by Gasteiger charge is 2.22. The maximum Gasteiger partial charge on any atom is 0.106 e. The summed E-state index contributed by atoms with van der Waals surface area (Å²) >= 11 is 1.80. The average Bonchev–Trinajstić information content (AvgIpc) is 2.90. The van der Waals surface area contributed by atoms with Crippen LogP contribution in [-0.4, -0.2) is 12.6 Å². The van der Waals surface area contributed by atoms with Crippen molar-refractivity contribution in [2.24, 2.45) is 11.7 Å². The lowest BCUT2D eigenvalue weighted by Crippen LogP contribution is -2.27. The summed E-state index contributed by atoms with van der Waals surface area (Å²) in [6, 6.07) is 4.37. The van der Waals surface area contributed by atoms with Gasteiger partial charge in [0.15, 0.2) is 0 Å². The van der Waals surface area contributed by atoms with Gasteiger partial charge in [0.2, 0.25) is 0 Å². The van der Waals surface area contributed by atoms with E-state index in [0.717, 1.165) is 12.5 Å². The van der Waals surface area contributed by atoms with E-state index >= 15 is 0 Å². The largest absolute Gasteiger partial charge is 0.371 e. The number of aryl methyl sites for hydroxylation is 1. The Bertz CT molecular complexity index is 342. The molecule has 2 atom stereocenters. The summed E-state index contributed by atoms with van der Waals surface area (Å²) in [5.74, 6) is 0.761.